The van der Waals surface area contributed by atoms with Crippen LogP contribution in [0.15, 0.2) is 40.3 Å². The summed E-state index contributed by atoms with van der Waals surface area (Å²) in [4.78, 5) is 30.8. The third kappa shape index (κ3) is 4.13. The Balaban J connectivity index is 1.69. The van der Waals surface area contributed by atoms with Crippen LogP contribution in [0.1, 0.15) is 4.88 Å². The fourth-order valence-corrected chi connectivity index (χ4v) is 6.62. The van der Waals surface area contributed by atoms with Gasteiger partial charge in [-0.25, -0.2) is 13.4 Å². The molecule has 1 aliphatic rings. The highest BCUT2D eigenvalue weighted by atomic mass is 32.2. The maximum Gasteiger partial charge on any atom is 0.263 e. The molecule has 3 aromatic rings. The van der Waals surface area contributed by atoms with E-state index in [-0.39, 0.29) is 29.9 Å². The fourth-order valence-electron chi connectivity index (χ4n) is 3.54. The van der Waals surface area contributed by atoms with E-state index in [0.29, 0.717) is 34.4 Å². The van der Waals surface area contributed by atoms with Crippen LogP contribution in [0.25, 0.3) is 10.2 Å². The predicted octanol–water partition coefficient (Wildman–Crippen LogP) is 1.43. The number of nitrogens with one attached hydrogen (secondary N) is 1. The smallest absolute Gasteiger partial charge is 0.263 e. The first-order valence-electron chi connectivity index (χ1n) is 9.82. The van der Waals surface area contributed by atoms with Gasteiger partial charge in [-0.1, -0.05) is 12.1 Å². The van der Waals surface area contributed by atoms with E-state index in [2.05, 4.69) is 10.3 Å². The number of hydrogen-bond donors (Lipinski definition) is 1. The number of hydrogen-bond acceptors (Lipinski definition) is 8. The van der Waals surface area contributed by atoms with Crippen LogP contribution in [0.3, 0.4) is 0 Å². The number of carbonyl (C=O) groups is 1. The molecule has 0 bridgehead atoms. The van der Waals surface area contributed by atoms with Gasteiger partial charge in [-0.05, 0) is 19.1 Å². The largest absolute Gasteiger partial charge is 0.495 e. The van der Waals surface area contributed by atoms with Crippen molar-refractivity contribution < 1.29 is 22.7 Å². The second kappa shape index (κ2) is 8.98. The van der Waals surface area contributed by atoms with Gasteiger partial charge in [0.2, 0.25) is 15.9 Å². The van der Waals surface area contributed by atoms with Gasteiger partial charge in [-0.2, -0.15) is 4.31 Å². The van der Waals surface area contributed by atoms with Crippen molar-refractivity contribution in [1.82, 2.24) is 13.9 Å². The Morgan fingerprint density at radius 2 is 2.00 bits per heavy atom. The van der Waals surface area contributed by atoms with E-state index in [4.69, 9.17) is 9.47 Å². The van der Waals surface area contributed by atoms with Crippen LogP contribution < -0.4 is 15.6 Å². The predicted molar refractivity (Wildman–Crippen MR) is 120 cm³/mol. The van der Waals surface area contributed by atoms with Crippen molar-refractivity contribution in [2.24, 2.45) is 0 Å². The van der Waals surface area contributed by atoms with Crippen LogP contribution in [0.4, 0.5) is 5.69 Å². The number of sulfonamides is 1. The number of thiophene rings is 1. The summed E-state index contributed by atoms with van der Waals surface area (Å²) < 4.78 is 39.5. The normalized spacial score (nSPS) is 15.1. The molecule has 2 aromatic heterocycles. The number of nitrogens with zero attached hydrogens (tertiary/aromatic N) is 3. The molecule has 0 saturated carbocycles. The van der Waals surface area contributed by atoms with Crippen LogP contribution in [0, 0.1) is 6.92 Å². The van der Waals surface area contributed by atoms with Crippen molar-refractivity contribution in [2.45, 2.75) is 18.4 Å². The van der Waals surface area contributed by atoms with E-state index in [1.807, 2.05) is 0 Å². The van der Waals surface area contributed by atoms with E-state index >= 15 is 0 Å². The quantitative estimate of drug-likeness (QED) is 0.569. The minimum atomic E-state index is -3.91. The van der Waals surface area contributed by atoms with Gasteiger partial charge in [0.15, 0.2) is 0 Å². The highest BCUT2D eigenvalue weighted by Gasteiger charge is 2.32. The maximum atomic E-state index is 13.3. The number of fused-ring (bicyclic) bond motifs is 1. The standard InChI is InChI=1S/C20H22N4O6S2/c1-13-18(32(27,28)24-7-9-30-10-8-24)17-19(31-13)21-12-23(20(17)26)11-16(25)22-14-5-3-4-6-15(14)29-2/h3-6,12H,7-11H2,1-2H3,(H,22,25). The topological polar surface area (TPSA) is 120 Å². The van der Waals surface area contributed by atoms with Crippen LogP contribution in [-0.2, 0) is 26.1 Å². The van der Waals surface area contributed by atoms with Gasteiger partial charge < -0.3 is 14.8 Å². The number of aryl methyl sites for hydroxylation is 1. The minimum absolute atomic E-state index is 0.00610. The average Bonchev–Trinajstić information content (AvgIpc) is 3.14. The third-order valence-electron chi connectivity index (χ3n) is 5.06. The lowest BCUT2D eigenvalue weighted by atomic mass is 10.3. The van der Waals surface area contributed by atoms with Crippen LogP contribution >= 0.6 is 11.3 Å². The lowest BCUT2D eigenvalue weighted by Gasteiger charge is -2.26. The van der Waals surface area contributed by atoms with Gasteiger partial charge in [0.05, 0.1) is 37.7 Å². The zero-order valence-corrected chi connectivity index (χ0v) is 19.2. The molecule has 3 heterocycles. The molecule has 0 radical (unpaired) electrons. The molecule has 0 spiro atoms. The van der Waals surface area contributed by atoms with Crippen LogP contribution in [0.5, 0.6) is 5.75 Å². The van der Waals surface area contributed by atoms with Crippen molar-refractivity contribution in [2.75, 3.05) is 38.7 Å². The Labute approximate surface area is 188 Å². The summed E-state index contributed by atoms with van der Waals surface area (Å²) in [5, 5.41) is 2.70. The number of aromatic nitrogens is 2. The Bertz CT molecular complexity index is 1330. The number of ether oxygens (including phenoxy) is 2. The molecule has 0 unspecified atom stereocenters. The van der Waals surface area contributed by atoms with Crippen molar-refractivity contribution in [3.63, 3.8) is 0 Å². The van der Waals surface area contributed by atoms with Gasteiger partial charge in [-0.3, -0.25) is 14.2 Å². The fraction of sp³-hybridized carbons (Fsp3) is 0.350. The van der Waals surface area contributed by atoms with Crippen molar-refractivity contribution in [3.8, 4) is 5.75 Å². The van der Waals surface area contributed by atoms with Crippen molar-refractivity contribution >= 4 is 43.2 Å². The number of para-hydroxylation sites is 2. The van der Waals surface area contributed by atoms with E-state index in [1.165, 1.54) is 17.7 Å². The second-order valence-corrected chi connectivity index (χ2v) is 10.2. The van der Waals surface area contributed by atoms with E-state index < -0.39 is 21.5 Å². The lowest BCUT2D eigenvalue weighted by molar-refractivity contribution is -0.116. The zero-order valence-electron chi connectivity index (χ0n) is 17.5. The number of amides is 1. The minimum Gasteiger partial charge on any atom is -0.495 e. The molecule has 10 nitrogen and oxygen atoms in total. The van der Waals surface area contributed by atoms with Gasteiger partial charge in [0.25, 0.3) is 5.56 Å². The monoisotopic (exact) mass is 478 g/mol. The van der Waals surface area contributed by atoms with Gasteiger partial charge >= 0.3 is 0 Å². The Morgan fingerprint density at radius 3 is 2.72 bits per heavy atom. The first-order valence-corrected chi connectivity index (χ1v) is 12.1. The highest BCUT2D eigenvalue weighted by molar-refractivity contribution is 7.89. The Hall–Kier alpha value is -2.80. The summed E-state index contributed by atoms with van der Waals surface area (Å²) in [6.45, 7) is 2.35. The maximum absolute atomic E-state index is 13.3. The molecule has 1 aliphatic heterocycles. The number of benzene rings is 1. The molecule has 0 atom stereocenters. The summed E-state index contributed by atoms with van der Waals surface area (Å²) in [5.41, 5.74) is -0.120. The molecule has 1 aromatic carbocycles. The van der Waals surface area contributed by atoms with Crippen molar-refractivity contribution in [3.05, 3.63) is 45.8 Å². The molecule has 32 heavy (non-hydrogen) atoms. The molecule has 12 heteroatoms. The first kappa shape index (κ1) is 22.4. The molecule has 1 fully saturated rings. The number of methoxy groups -OCH3 is 1. The summed E-state index contributed by atoms with van der Waals surface area (Å²) >= 11 is 1.14. The Morgan fingerprint density at radius 1 is 1.28 bits per heavy atom. The highest BCUT2D eigenvalue weighted by Crippen LogP contribution is 2.33. The summed E-state index contributed by atoms with van der Waals surface area (Å²) in [5.74, 6) is 0.0106. The van der Waals surface area contributed by atoms with Gasteiger partial charge in [-0.15, -0.1) is 11.3 Å². The van der Waals surface area contributed by atoms with Crippen molar-refractivity contribution in [1.29, 1.82) is 0 Å². The first-order chi connectivity index (χ1) is 15.3. The third-order valence-corrected chi connectivity index (χ3v) is 8.28. The summed E-state index contributed by atoms with van der Waals surface area (Å²) in [6.07, 6.45) is 1.26. The molecule has 4 rings (SSSR count). The number of morpholine rings is 1. The molecular formula is C20H22N4O6S2. The van der Waals surface area contributed by atoms with E-state index in [9.17, 15) is 18.0 Å². The average molecular weight is 479 g/mol. The van der Waals surface area contributed by atoms with Crippen LogP contribution in [-0.4, -0.2) is 61.6 Å². The van der Waals surface area contributed by atoms with E-state index in [1.54, 1.807) is 31.2 Å². The zero-order chi connectivity index (χ0) is 22.9. The number of carbonyl (C=O) groups excluding carboxylic acids is 1. The molecule has 1 N–H and O–H groups in total. The summed E-state index contributed by atoms with van der Waals surface area (Å²) in [6, 6.07) is 6.89. The molecule has 1 amide bonds. The SMILES string of the molecule is COc1ccccc1NC(=O)Cn1cnc2sc(C)c(S(=O)(=O)N3CCOCC3)c2c1=O. The van der Waals surface area contributed by atoms with Gasteiger partial charge in [0, 0.05) is 18.0 Å². The van der Waals surface area contributed by atoms with Gasteiger partial charge in [0.1, 0.15) is 22.0 Å². The molecule has 1 saturated heterocycles. The van der Waals surface area contributed by atoms with Crippen LogP contribution in [0.2, 0.25) is 0 Å². The molecular weight excluding hydrogens is 456 g/mol. The van der Waals surface area contributed by atoms with E-state index in [0.717, 1.165) is 15.9 Å². The lowest BCUT2D eigenvalue weighted by Crippen LogP contribution is -2.41. The summed E-state index contributed by atoms with van der Waals surface area (Å²) in [7, 11) is -2.42. The second-order valence-electron chi connectivity index (χ2n) is 7.11. The number of anilines is 1. The number of rotatable bonds is 6. The molecule has 170 valence electrons. The Kier molecular flexibility index (Phi) is 6.29. The molecule has 0 aliphatic carbocycles.